The van der Waals surface area contributed by atoms with Crippen LogP contribution in [0.5, 0.6) is 0 Å². The highest BCUT2D eigenvalue weighted by Gasteiger charge is 2.36. The summed E-state index contributed by atoms with van der Waals surface area (Å²) in [7, 11) is 0. The lowest BCUT2D eigenvalue weighted by Crippen LogP contribution is -2.38. The molecule has 1 aliphatic rings. The Morgan fingerprint density at radius 1 is 1.35 bits per heavy atom. The fourth-order valence-electron chi connectivity index (χ4n) is 2.36. The Balaban J connectivity index is 1.90. The molecule has 17 heavy (non-hydrogen) atoms. The molecule has 0 bridgehead atoms. The first kappa shape index (κ1) is 12.1. The average molecular weight is 228 g/mol. The van der Waals surface area contributed by atoms with Gasteiger partial charge in [-0.2, -0.15) is 5.26 Å². The molecule has 1 saturated carbocycles. The standard InChI is InChI=1S/C15H20N2/c1-12-4-5-13(2)14(8-12)9-17-11-15(10-16)6-3-7-15/h4-5,8,17H,3,6-7,9,11H2,1-2H3. The summed E-state index contributed by atoms with van der Waals surface area (Å²) < 4.78 is 0. The van der Waals surface area contributed by atoms with Crippen LogP contribution < -0.4 is 5.32 Å². The molecule has 2 nitrogen and oxygen atoms in total. The Hall–Kier alpha value is -1.33. The maximum atomic E-state index is 9.14. The van der Waals surface area contributed by atoms with E-state index in [4.69, 9.17) is 5.26 Å². The minimum atomic E-state index is -0.0717. The van der Waals surface area contributed by atoms with Gasteiger partial charge in [-0.25, -0.2) is 0 Å². The zero-order chi connectivity index (χ0) is 12.3. The molecule has 0 atom stereocenters. The molecule has 1 aromatic rings. The summed E-state index contributed by atoms with van der Waals surface area (Å²) in [6.07, 6.45) is 3.32. The number of nitrogens with zero attached hydrogens (tertiary/aromatic N) is 1. The molecule has 1 aliphatic carbocycles. The predicted molar refractivity (Wildman–Crippen MR) is 69.5 cm³/mol. The van der Waals surface area contributed by atoms with Gasteiger partial charge in [-0.1, -0.05) is 30.2 Å². The third-order valence-electron chi connectivity index (χ3n) is 3.83. The van der Waals surface area contributed by atoms with E-state index < -0.39 is 0 Å². The second kappa shape index (κ2) is 4.89. The molecule has 0 amide bonds. The largest absolute Gasteiger partial charge is 0.311 e. The fraction of sp³-hybridized carbons (Fsp3) is 0.533. The Kier molecular flexibility index (Phi) is 3.49. The Morgan fingerprint density at radius 3 is 2.71 bits per heavy atom. The molecule has 0 unspecified atom stereocenters. The van der Waals surface area contributed by atoms with Crippen molar-refractivity contribution >= 4 is 0 Å². The monoisotopic (exact) mass is 228 g/mol. The van der Waals surface area contributed by atoms with Crippen LogP contribution in [0.15, 0.2) is 18.2 Å². The summed E-state index contributed by atoms with van der Waals surface area (Å²) in [5.41, 5.74) is 3.89. The first-order valence-electron chi connectivity index (χ1n) is 6.33. The molecule has 1 fully saturated rings. The molecule has 0 spiro atoms. The first-order chi connectivity index (χ1) is 8.15. The summed E-state index contributed by atoms with van der Waals surface area (Å²) in [5, 5.41) is 12.6. The van der Waals surface area contributed by atoms with E-state index in [2.05, 4.69) is 43.4 Å². The average Bonchev–Trinajstić information content (AvgIpc) is 2.27. The van der Waals surface area contributed by atoms with Gasteiger partial charge in [0, 0.05) is 13.1 Å². The normalized spacial score (nSPS) is 17.2. The van der Waals surface area contributed by atoms with Gasteiger partial charge in [0.2, 0.25) is 0 Å². The molecule has 90 valence electrons. The zero-order valence-electron chi connectivity index (χ0n) is 10.7. The first-order valence-corrected chi connectivity index (χ1v) is 6.33. The van der Waals surface area contributed by atoms with Gasteiger partial charge in [-0.3, -0.25) is 0 Å². The van der Waals surface area contributed by atoms with Gasteiger partial charge in [-0.15, -0.1) is 0 Å². The quantitative estimate of drug-likeness (QED) is 0.859. The summed E-state index contributed by atoms with van der Waals surface area (Å²) in [6, 6.07) is 8.99. The van der Waals surface area contributed by atoms with Crippen molar-refractivity contribution in [3.05, 3.63) is 34.9 Å². The summed E-state index contributed by atoms with van der Waals surface area (Å²) >= 11 is 0. The van der Waals surface area contributed by atoms with Gasteiger partial charge >= 0.3 is 0 Å². The second-order valence-corrected chi connectivity index (χ2v) is 5.28. The number of nitrogens with one attached hydrogen (secondary N) is 1. The zero-order valence-corrected chi connectivity index (χ0v) is 10.7. The van der Waals surface area contributed by atoms with Crippen LogP contribution in [0.4, 0.5) is 0 Å². The van der Waals surface area contributed by atoms with Crippen LogP contribution in [-0.2, 0) is 6.54 Å². The van der Waals surface area contributed by atoms with Crippen molar-refractivity contribution in [1.82, 2.24) is 5.32 Å². The fourth-order valence-corrected chi connectivity index (χ4v) is 2.36. The molecule has 0 heterocycles. The number of nitriles is 1. The minimum absolute atomic E-state index is 0.0717. The lowest BCUT2D eigenvalue weighted by molar-refractivity contribution is 0.206. The van der Waals surface area contributed by atoms with Gasteiger partial charge in [0.25, 0.3) is 0 Å². The van der Waals surface area contributed by atoms with Gasteiger partial charge in [0.1, 0.15) is 0 Å². The van der Waals surface area contributed by atoms with Crippen LogP contribution in [0.1, 0.15) is 36.0 Å². The highest BCUT2D eigenvalue weighted by Crippen LogP contribution is 2.39. The van der Waals surface area contributed by atoms with Crippen LogP contribution in [0.2, 0.25) is 0 Å². The van der Waals surface area contributed by atoms with E-state index >= 15 is 0 Å². The minimum Gasteiger partial charge on any atom is -0.311 e. The smallest absolute Gasteiger partial charge is 0.0703 e. The number of aryl methyl sites for hydroxylation is 2. The number of rotatable bonds is 4. The van der Waals surface area contributed by atoms with Crippen molar-refractivity contribution in [2.75, 3.05) is 6.54 Å². The van der Waals surface area contributed by atoms with Gasteiger partial charge in [0.05, 0.1) is 11.5 Å². The molecule has 1 aromatic carbocycles. The lowest BCUT2D eigenvalue weighted by Gasteiger charge is -2.35. The third kappa shape index (κ3) is 2.68. The topological polar surface area (TPSA) is 35.8 Å². The van der Waals surface area contributed by atoms with Gasteiger partial charge in [0.15, 0.2) is 0 Å². The number of benzene rings is 1. The molecular weight excluding hydrogens is 208 g/mol. The molecular formula is C15H20N2. The van der Waals surface area contributed by atoms with E-state index in [9.17, 15) is 0 Å². The van der Waals surface area contributed by atoms with Crippen molar-refractivity contribution in [2.45, 2.75) is 39.7 Å². The molecule has 1 N–H and O–H groups in total. The lowest BCUT2D eigenvalue weighted by atomic mass is 9.70. The molecule has 0 aliphatic heterocycles. The van der Waals surface area contributed by atoms with Crippen LogP contribution in [-0.4, -0.2) is 6.54 Å². The summed E-state index contributed by atoms with van der Waals surface area (Å²) in [4.78, 5) is 0. The number of hydrogen-bond donors (Lipinski definition) is 1. The third-order valence-corrected chi connectivity index (χ3v) is 3.83. The number of hydrogen-bond acceptors (Lipinski definition) is 2. The molecule has 0 saturated heterocycles. The summed E-state index contributed by atoms with van der Waals surface area (Å²) in [6.45, 7) is 5.96. The van der Waals surface area contributed by atoms with Crippen LogP contribution >= 0.6 is 0 Å². The molecule has 2 heteroatoms. The van der Waals surface area contributed by atoms with Crippen LogP contribution in [0, 0.1) is 30.6 Å². The SMILES string of the molecule is Cc1ccc(C)c(CNCC2(C#N)CCC2)c1. The molecule has 0 radical (unpaired) electrons. The highest BCUT2D eigenvalue weighted by molar-refractivity contribution is 5.30. The Bertz CT molecular complexity index is 439. The second-order valence-electron chi connectivity index (χ2n) is 5.28. The van der Waals surface area contributed by atoms with Crippen molar-refractivity contribution in [3.8, 4) is 6.07 Å². The van der Waals surface area contributed by atoms with E-state index in [0.717, 1.165) is 25.9 Å². The van der Waals surface area contributed by atoms with Crippen molar-refractivity contribution < 1.29 is 0 Å². The van der Waals surface area contributed by atoms with Crippen LogP contribution in [0.3, 0.4) is 0 Å². The van der Waals surface area contributed by atoms with Crippen LogP contribution in [0.25, 0.3) is 0 Å². The molecule has 0 aromatic heterocycles. The van der Waals surface area contributed by atoms with E-state index in [1.807, 2.05) is 0 Å². The highest BCUT2D eigenvalue weighted by atomic mass is 14.9. The van der Waals surface area contributed by atoms with Crippen molar-refractivity contribution in [1.29, 1.82) is 5.26 Å². The van der Waals surface area contributed by atoms with E-state index in [1.165, 1.54) is 23.1 Å². The molecule has 2 rings (SSSR count). The van der Waals surface area contributed by atoms with E-state index in [-0.39, 0.29) is 5.41 Å². The predicted octanol–water partition coefficient (Wildman–Crippen LogP) is 3.09. The van der Waals surface area contributed by atoms with E-state index in [0.29, 0.717) is 0 Å². The van der Waals surface area contributed by atoms with Crippen molar-refractivity contribution in [2.24, 2.45) is 5.41 Å². The maximum Gasteiger partial charge on any atom is 0.0703 e. The maximum absolute atomic E-state index is 9.14. The summed E-state index contributed by atoms with van der Waals surface area (Å²) in [5.74, 6) is 0. The van der Waals surface area contributed by atoms with Gasteiger partial charge in [-0.05, 0) is 37.8 Å². The van der Waals surface area contributed by atoms with Gasteiger partial charge < -0.3 is 5.32 Å². The Labute approximate surface area is 104 Å². The van der Waals surface area contributed by atoms with E-state index in [1.54, 1.807) is 0 Å². The van der Waals surface area contributed by atoms with Crippen molar-refractivity contribution in [3.63, 3.8) is 0 Å². The Morgan fingerprint density at radius 2 is 2.12 bits per heavy atom.